The summed E-state index contributed by atoms with van der Waals surface area (Å²) >= 11 is 7.32. The quantitative estimate of drug-likeness (QED) is 0.424. The van der Waals surface area contributed by atoms with E-state index in [1.54, 1.807) is 24.3 Å². The normalized spacial score (nSPS) is 10.9. The van der Waals surface area contributed by atoms with E-state index in [9.17, 15) is 14.0 Å². The van der Waals surface area contributed by atoms with E-state index in [-0.39, 0.29) is 23.0 Å². The average molecular weight is 490 g/mol. The van der Waals surface area contributed by atoms with Crippen LogP contribution >= 0.6 is 23.4 Å². The fourth-order valence-electron chi connectivity index (χ4n) is 2.98. The number of hydrogen-bond donors (Lipinski definition) is 1. The number of aromatic nitrogens is 4. The van der Waals surface area contributed by atoms with Crippen LogP contribution in [0, 0.1) is 5.82 Å². The second-order valence-corrected chi connectivity index (χ2v) is 8.18. The smallest absolute Gasteiger partial charge is 0.367 e. The second-order valence-electron chi connectivity index (χ2n) is 6.68. The van der Waals surface area contributed by atoms with E-state index in [0.717, 1.165) is 9.20 Å². The first-order valence-electron chi connectivity index (χ1n) is 9.49. The van der Waals surface area contributed by atoms with Crippen molar-refractivity contribution in [2.45, 2.75) is 16.5 Å². The number of benzene rings is 2. The summed E-state index contributed by atoms with van der Waals surface area (Å²) in [6.45, 7) is -0.360. The van der Waals surface area contributed by atoms with E-state index in [4.69, 9.17) is 21.1 Å². The molecule has 0 unspecified atom stereocenters. The molecular weight excluding hydrogens is 473 g/mol. The molecule has 0 saturated carbocycles. The van der Waals surface area contributed by atoms with Crippen LogP contribution < -0.4 is 20.5 Å². The SMILES string of the molecule is COc1cc(OC)c(NC(=O)Cn2nc3ccc(Sc4cccc(F)c4)nn3c2=O)cc1Cl. The lowest BCUT2D eigenvalue weighted by atomic mass is 10.2. The van der Waals surface area contributed by atoms with Gasteiger partial charge in [-0.3, -0.25) is 4.79 Å². The molecule has 0 saturated heterocycles. The molecular formula is C21H17ClFN5O4S. The Labute approximate surface area is 196 Å². The highest BCUT2D eigenvalue weighted by atomic mass is 35.5. The van der Waals surface area contributed by atoms with Gasteiger partial charge >= 0.3 is 5.69 Å². The molecule has 170 valence electrons. The van der Waals surface area contributed by atoms with Gasteiger partial charge in [0.25, 0.3) is 0 Å². The van der Waals surface area contributed by atoms with Gasteiger partial charge in [0.1, 0.15) is 28.9 Å². The predicted molar refractivity (Wildman–Crippen MR) is 121 cm³/mol. The summed E-state index contributed by atoms with van der Waals surface area (Å²) in [6.07, 6.45) is 0. The Bertz CT molecular complexity index is 1410. The number of carbonyl (C=O) groups excluding carboxylic acids is 1. The molecule has 0 radical (unpaired) electrons. The first-order valence-corrected chi connectivity index (χ1v) is 10.7. The molecule has 2 aromatic carbocycles. The number of carbonyl (C=O) groups is 1. The molecule has 9 nitrogen and oxygen atoms in total. The topological polar surface area (TPSA) is 99.8 Å². The van der Waals surface area contributed by atoms with Crippen LogP contribution in [0.2, 0.25) is 5.02 Å². The Kier molecular flexibility index (Phi) is 6.52. The Hall–Kier alpha value is -3.57. The van der Waals surface area contributed by atoms with Crippen molar-refractivity contribution in [3.05, 3.63) is 69.9 Å². The molecule has 4 rings (SSSR count). The monoisotopic (exact) mass is 489 g/mol. The number of rotatable bonds is 7. The van der Waals surface area contributed by atoms with Crippen molar-refractivity contribution in [2.24, 2.45) is 0 Å². The van der Waals surface area contributed by atoms with Crippen molar-refractivity contribution in [1.29, 1.82) is 0 Å². The van der Waals surface area contributed by atoms with Crippen LogP contribution in [-0.2, 0) is 11.3 Å². The van der Waals surface area contributed by atoms with Crippen molar-refractivity contribution in [2.75, 3.05) is 19.5 Å². The van der Waals surface area contributed by atoms with Gasteiger partial charge in [-0.15, -0.1) is 5.10 Å². The first-order chi connectivity index (χ1) is 15.9. The van der Waals surface area contributed by atoms with Crippen molar-refractivity contribution < 1.29 is 18.7 Å². The van der Waals surface area contributed by atoms with Gasteiger partial charge in [0, 0.05) is 11.0 Å². The van der Waals surface area contributed by atoms with Gasteiger partial charge in [-0.1, -0.05) is 29.4 Å². The van der Waals surface area contributed by atoms with Crippen molar-refractivity contribution in [3.8, 4) is 11.5 Å². The molecule has 1 N–H and O–H groups in total. The van der Waals surface area contributed by atoms with Gasteiger partial charge in [-0.25, -0.2) is 13.9 Å². The van der Waals surface area contributed by atoms with E-state index in [2.05, 4.69) is 15.5 Å². The summed E-state index contributed by atoms with van der Waals surface area (Å²) in [4.78, 5) is 25.9. The third-order valence-electron chi connectivity index (χ3n) is 4.48. The average Bonchev–Trinajstić information content (AvgIpc) is 3.08. The highest BCUT2D eigenvalue weighted by Gasteiger charge is 2.16. The van der Waals surface area contributed by atoms with Crippen molar-refractivity contribution in [1.82, 2.24) is 19.4 Å². The lowest BCUT2D eigenvalue weighted by Gasteiger charge is -2.12. The first kappa shape index (κ1) is 22.6. The number of amides is 1. The Balaban J connectivity index is 1.54. The number of ether oxygens (including phenoxy) is 2. The fourth-order valence-corrected chi connectivity index (χ4v) is 4.04. The molecule has 0 aliphatic rings. The lowest BCUT2D eigenvalue weighted by Crippen LogP contribution is -2.29. The maximum Gasteiger partial charge on any atom is 0.367 e. The standard InChI is InChI=1S/C21H17ClFN5O4S/c1-31-16-10-17(32-2)15(9-14(16)22)24-19(29)11-27-21(30)28-18(25-27)6-7-20(26-28)33-13-5-3-4-12(23)8-13/h3-10H,11H2,1-2H3,(H,24,29). The summed E-state index contributed by atoms with van der Waals surface area (Å²) in [5, 5.41) is 11.8. The summed E-state index contributed by atoms with van der Waals surface area (Å²) in [5.41, 5.74) is -0.0138. The number of methoxy groups -OCH3 is 2. The molecule has 0 aliphatic heterocycles. The van der Waals surface area contributed by atoms with E-state index in [1.165, 1.54) is 50.2 Å². The largest absolute Gasteiger partial charge is 0.495 e. The number of halogens is 2. The van der Waals surface area contributed by atoms with Crippen LogP contribution in [0.3, 0.4) is 0 Å². The molecule has 1 amide bonds. The Morgan fingerprint density at radius 1 is 1.12 bits per heavy atom. The van der Waals surface area contributed by atoms with Crippen LogP contribution in [0.25, 0.3) is 5.65 Å². The lowest BCUT2D eigenvalue weighted by molar-refractivity contribution is -0.117. The van der Waals surface area contributed by atoms with E-state index >= 15 is 0 Å². The van der Waals surface area contributed by atoms with Crippen molar-refractivity contribution in [3.63, 3.8) is 0 Å². The molecule has 2 heterocycles. The van der Waals surface area contributed by atoms with E-state index in [1.807, 2.05) is 0 Å². The van der Waals surface area contributed by atoms with Crippen LogP contribution in [-0.4, -0.2) is 39.5 Å². The highest BCUT2D eigenvalue weighted by Crippen LogP contribution is 2.35. The third kappa shape index (κ3) is 4.94. The molecule has 0 bridgehead atoms. The fraction of sp³-hybridized carbons (Fsp3) is 0.143. The summed E-state index contributed by atoms with van der Waals surface area (Å²) in [6, 6.07) is 12.3. The summed E-state index contributed by atoms with van der Waals surface area (Å²) < 4.78 is 25.9. The van der Waals surface area contributed by atoms with Gasteiger partial charge < -0.3 is 14.8 Å². The van der Waals surface area contributed by atoms with E-state index in [0.29, 0.717) is 27.1 Å². The number of hydrogen-bond acceptors (Lipinski definition) is 7. The Morgan fingerprint density at radius 3 is 2.64 bits per heavy atom. The third-order valence-corrected chi connectivity index (χ3v) is 5.69. The molecule has 12 heteroatoms. The van der Waals surface area contributed by atoms with Crippen molar-refractivity contribution >= 4 is 40.6 Å². The molecule has 33 heavy (non-hydrogen) atoms. The van der Waals surface area contributed by atoms with Gasteiger partial charge in [0.15, 0.2) is 5.65 Å². The van der Waals surface area contributed by atoms with Gasteiger partial charge in [-0.2, -0.15) is 9.61 Å². The molecule has 2 aromatic heterocycles. The van der Waals surface area contributed by atoms with Crippen LogP contribution in [0.5, 0.6) is 11.5 Å². The highest BCUT2D eigenvalue weighted by molar-refractivity contribution is 7.99. The number of nitrogens with zero attached hydrogens (tertiary/aromatic N) is 4. The zero-order valence-electron chi connectivity index (χ0n) is 17.4. The molecule has 0 fully saturated rings. The molecule has 0 spiro atoms. The molecule has 0 aliphatic carbocycles. The predicted octanol–water partition coefficient (Wildman–Crippen LogP) is 3.49. The van der Waals surface area contributed by atoms with E-state index < -0.39 is 11.6 Å². The maximum absolute atomic E-state index is 13.4. The van der Waals surface area contributed by atoms with Gasteiger partial charge in [0.2, 0.25) is 5.91 Å². The van der Waals surface area contributed by atoms with Crippen LogP contribution in [0.15, 0.2) is 63.2 Å². The summed E-state index contributed by atoms with van der Waals surface area (Å²) in [5.74, 6) is -0.157. The minimum Gasteiger partial charge on any atom is -0.495 e. The molecule has 4 aromatic rings. The van der Waals surface area contributed by atoms with Gasteiger partial charge in [0.05, 0.1) is 24.9 Å². The minimum absolute atomic E-state index is 0.265. The number of anilines is 1. The minimum atomic E-state index is -0.596. The molecule has 0 atom stereocenters. The Morgan fingerprint density at radius 2 is 1.91 bits per heavy atom. The number of fused-ring (bicyclic) bond motifs is 1. The van der Waals surface area contributed by atoms with Crippen LogP contribution in [0.4, 0.5) is 10.1 Å². The zero-order valence-corrected chi connectivity index (χ0v) is 19.0. The van der Waals surface area contributed by atoms with Gasteiger partial charge in [-0.05, 0) is 36.4 Å². The maximum atomic E-state index is 13.4. The van der Waals surface area contributed by atoms with Crippen LogP contribution in [0.1, 0.15) is 0 Å². The second kappa shape index (κ2) is 9.51. The zero-order chi connectivity index (χ0) is 23.5. The number of nitrogens with one attached hydrogen (secondary N) is 1. The summed E-state index contributed by atoms with van der Waals surface area (Å²) in [7, 11) is 2.90.